The quantitative estimate of drug-likeness (QED) is 0.501. The molecule has 1 N–H and O–H groups in total. The Hall–Kier alpha value is -3.48. The molecular formula is C20H19N3O4. The predicted octanol–water partition coefficient (Wildman–Crippen LogP) is 2.84. The second-order valence-electron chi connectivity index (χ2n) is 6.43. The Kier molecular flexibility index (Phi) is 5.30. The van der Waals surface area contributed by atoms with Gasteiger partial charge in [-0.3, -0.25) is 19.7 Å². The zero-order valence-corrected chi connectivity index (χ0v) is 14.8. The number of amides is 2. The van der Waals surface area contributed by atoms with Crippen LogP contribution in [-0.2, 0) is 9.59 Å². The van der Waals surface area contributed by atoms with Crippen molar-refractivity contribution < 1.29 is 14.5 Å². The second-order valence-corrected chi connectivity index (χ2v) is 6.43. The number of nitrogens with zero attached hydrogens (tertiary/aromatic N) is 2. The Balaban J connectivity index is 1.57. The fourth-order valence-corrected chi connectivity index (χ4v) is 2.91. The number of nitro benzene ring substituents is 1. The number of aryl methyl sites for hydroxylation is 1. The zero-order chi connectivity index (χ0) is 19.4. The van der Waals surface area contributed by atoms with Crippen LogP contribution in [0.4, 0.5) is 11.4 Å². The molecule has 0 spiro atoms. The standard InChI is InChI=1S/C20H19N3O4/c1-14-2-7-17(8-3-14)22-13-16(12-20(22)25)21-19(24)11-6-15-4-9-18(10-5-15)23(26)27/h2-11,16H,12-13H2,1H3,(H,21,24)/b11-6-/t16-/m0/s1. The van der Waals surface area contributed by atoms with Gasteiger partial charge in [0.1, 0.15) is 0 Å². The van der Waals surface area contributed by atoms with E-state index in [0.717, 1.165) is 11.3 Å². The highest BCUT2D eigenvalue weighted by atomic mass is 16.6. The summed E-state index contributed by atoms with van der Waals surface area (Å²) in [5.74, 6) is -0.333. The molecule has 2 aromatic carbocycles. The van der Waals surface area contributed by atoms with Crippen molar-refractivity contribution in [3.05, 3.63) is 75.8 Å². The van der Waals surface area contributed by atoms with E-state index in [2.05, 4.69) is 5.32 Å². The highest BCUT2D eigenvalue weighted by Gasteiger charge is 2.31. The van der Waals surface area contributed by atoms with Gasteiger partial charge in [-0.05, 0) is 42.8 Å². The maximum atomic E-state index is 12.2. The van der Waals surface area contributed by atoms with Crippen LogP contribution in [0.15, 0.2) is 54.6 Å². The number of benzene rings is 2. The van der Waals surface area contributed by atoms with Gasteiger partial charge >= 0.3 is 0 Å². The van der Waals surface area contributed by atoms with Gasteiger partial charge in [0.05, 0.1) is 11.0 Å². The van der Waals surface area contributed by atoms with Crippen LogP contribution < -0.4 is 10.2 Å². The van der Waals surface area contributed by atoms with Gasteiger partial charge in [0.25, 0.3) is 5.69 Å². The van der Waals surface area contributed by atoms with Gasteiger partial charge in [-0.1, -0.05) is 17.7 Å². The van der Waals surface area contributed by atoms with E-state index in [-0.39, 0.29) is 30.0 Å². The van der Waals surface area contributed by atoms with E-state index in [9.17, 15) is 19.7 Å². The van der Waals surface area contributed by atoms with Crippen molar-refractivity contribution in [1.82, 2.24) is 5.32 Å². The fraction of sp³-hybridized carbons (Fsp3) is 0.200. The first-order chi connectivity index (χ1) is 12.9. The lowest BCUT2D eigenvalue weighted by atomic mass is 10.2. The number of nitrogens with one attached hydrogen (secondary N) is 1. The summed E-state index contributed by atoms with van der Waals surface area (Å²) < 4.78 is 0. The summed E-state index contributed by atoms with van der Waals surface area (Å²) in [5.41, 5.74) is 2.62. The third-order valence-corrected chi connectivity index (χ3v) is 4.35. The van der Waals surface area contributed by atoms with Crippen molar-refractivity contribution in [2.75, 3.05) is 11.4 Å². The molecule has 1 aliphatic rings. The maximum absolute atomic E-state index is 12.2. The normalized spacial score (nSPS) is 16.7. The van der Waals surface area contributed by atoms with Gasteiger partial charge in [0.2, 0.25) is 11.8 Å². The second kappa shape index (κ2) is 7.82. The first kappa shape index (κ1) is 18.3. The Morgan fingerprint density at radius 1 is 1.19 bits per heavy atom. The van der Waals surface area contributed by atoms with Crippen molar-refractivity contribution in [1.29, 1.82) is 0 Å². The zero-order valence-electron chi connectivity index (χ0n) is 14.8. The minimum absolute atomic E-state index is 0.00253. The summed E-state index contributed by atoms with van der Waals surface area (Å²) >= 11 is 0. The van der Waals surface area contributed by atoms with Crippen molar-refractivity contribution in [2.24, 2.45) is 0 Å². The lowest BCUT2D eigenvalue weighted by molar-refractivity contribution is -0.384. The molecule has 138 valence electrons. The smallest absolute Gasteiger partial charge is 0.269 e. The summed E-state index contributed by atoms with van der Waals surface area (Å²) in [6.07, 6.45) is 3.19. The molecule has 1 heterocycles. The Morgan fingerprint density at radius 3 is 2.48 bits per heavy atom. The molecule has 27 heavy (non-hydrogen) atoms. The van der Waals surface area contributed by atoms with E-state index in [4.69, 9.17) is 0 Å². The van der Waals surface area contributed by atoms with Crippen molar-refractivity contribution in [3.63, 3.8) is 0 Å². The number of carbonyl (C=O) groups is 2. The average molecular weight is 365 g/mol. The van der Waals surface area contributed by atoms with Gasteiger partial charge in [0.15, 0.2) is 0 Å². The van der Waals surface area contributed by atoms with Gasteiger partial charge in [-0.15, -0.1) is 0 Å². The summed E-state index contributed by atoms with van der Waals surface area (Å²) in [7, 11) is 0. The summed E-state index contributed by atoms with van der Waals surface area (Å²) in [6, 6.07) is 13.3. The molecular weight excluding hydrogens is 346 g/mol. The minimum Gasteiger partial charge on any atom is -0.347 e. The predicted molar refractivity (Wildman–Crippen MR) is 102 cm³/mol. The lowest BCUT2D eigenvalue weighted by Crippen LogP contribution is -2.36. The summed E-state index contributed by atoms with van der Waals surface area (Å²) in [4.78, 5) is 36.2. The highest BCUT2D eigenvalue weighted by Crippen LogP contribution is 2.22. The monoisotopic (exact) mass is 365 g/mol. The van der Waals surface area contributed by atoms with E-state index in [1.54, 1.807) is 23.1 Å². The highest BCUT2D eigenvalue weighted by molar-refractivity contribution is 5.98. The van der Waals surface area contributed by atoms with E-state index in [1.165, 1.54) is 18.2 Å². The molecule has 1 aliphatic heterocycles. The molecule has 7 heteroatoms. The summed E-state index contributed by atoms with van der Waals surface area (Å²) in [6.45, 7) is 2.41. The molecule has 1 atom stereocenters. The number of rotatable bonds is 5. The molecule has 2 amide bonds. The molecule has 0 unspecified atom stereocenters. The van der Waals surface area contributed by atoms with Gasteiger partial charge < -0.3 is 10.2 Å². The van der Waals surface area contributed by atoms with Crippen LogP contribution in [-0.4, -0.2) is 29.3 Å². The van der Waals surface area contributed by atoms with E-state index in [0.29, 0.717) is 12.1 Å². The Bertz CT molecular complexity index is 888. The topological polar surface area (TPSA) is 92.6 Å². The lowest BCUT2D eigenvalue weighted by Gasteiger charge is -2.17. The average Bonchev–Trinajstić information content (AvgIpc) is 3.01. The molecule has 3 rings (SSSR count). The van der Waals surface area contributed by atoms with Crippen LogP contribution in [0.25, 0.3) is 6.08 Å². The first-order valence-electron chi connectivity index (χ1n) is 8.52. The van der Waals surface area contributed by atoms with Crippen LogP contribution in [0.1, 0.15) is 17.5 Å². The number of carbonyl (C=O) groups excluding carboxylic acids is 2. The van der Waals surface area contributed by atoms with Gasteiger partial charge in [0, 0.05) is 36.9 Å². The van der Waals surface area contributed by atoms with Crippen LogP contribution >= 0.6 is 0 Å². The summed E-state index contributed by atoms with van der Waals surface area (Å²) in [5, 5.41) is 13.5. The first-order valence-corrected chi connectivity index (χ1v) is 8.52. The molecule has 0 aliphatic carbocycles. The fourth-order valence-electron chi connectivity index (χ4n) is 2.91. The third kappa shape index (κ3) is 4.58. The maximum Gasteiger partial charge on any atom is 0.269 e. The molecule has 0 radical (unpaired) electrons. The molecule has 2 aromatic rings. The molecule has 7 nitrogen and oxygen atoms in total. The third-order valence-electron chi connectivity index (χ3n) is 4.35. The van der Waals surface area contributed by atoms with Crippen LogP contribution in [0.2, 0.25) is 0 Å². The van der Waals surface area contributed by atoms with Gasteiger partial charge in [-0.25, -0.2) is 0 Å². The van der Waals surface area contributed by atoms with Crippen molar-refractivity contribution >= 4 is 29.3 Å². The number of non-ortho nitro benzene ring substituents is 1. The van der Waals surface area contributed by atoms with Crippen LogP contribution in [0, 0.1) is 17.0 Å². The minimum atomic E-state index is -0.475. The molecule has 0 bridgehead atoms. The largest absolute Gasteiger partial charge is 0.347 e. The molecule has 1 saturated heterocycles. The van der Waals surface area contributed by atoms with Crippen molar-refractivity contribution in [2.45, 2.75) is 19.4 Å². The van der Waals surface area contributed by atoms with E-state index >= 15 is 0 Å². The van der Waals surface area contributed by atoms with E-state index in [1.807, 2.05) is 31.2 Å². The van der Waals surface area contributed by atoms with Crippen molar-refractivity contribution in [3.8, 4) is 0 Å². The number of hydrogen-bond acceptors (Lipinski definition) is 4. The SMILES string of the molecule is Cc1ccc(N2C[C@@H](NC(=O)/C=C\c3ccc([N+](=O)[O-])cc3)CC2=O)cc1. The number of anilines is 1. The van der Waals surface area contributed by atoms with Crippen LogP contribution in [0.5, 0.6) is 0 Å². The van der Waals surface area contributed by atoms with Gasteiger partial charge in [-0.2, -0.15) is 0 Å². The molecule has 0 aromatic heterocycles. The number of hydrogen-bond donors (Lipinski definition) is 1. The molecule has 1 fully saturated rings. The number of nitro groups is 1. The Labute approximate surface area is 156 Å². The van der Waals surface area contributed by atoms with E-state index < -0.39 is 4.92 Å². The molecule has 0 saturated carbocycles. The van der Waals surface area contributed by atoms with Crippen LogP contribution in [0.3, 0.4) is 0 Å². The Morgan fingerprint density at radius 2 is 1.85 bits per heavy atom.